The fourth-order valence-corrected chi connectivity index (χ4v) is 5.34. The number of aromatic amines is 1. The first-order chi connectivity index (χ1) is 18.0. The van der Waals surface area contributed by atoms with Crippen LogP contribution in [0.4, 0.5) is 9.18 Å². The molecule has 0 spiro atoms. The standard InChI is InChI=1S/C29H29BrFN3O3/c30-23-10-11-25(31)22(14-23)16-33(13-12-21-15-32-26-9-5-4-8-24(21)26)27-17-34(18-28(27)35)29(36)37-19-20-6-2-1-3-7-20/h1-11,14-15,27-28,32,35H,12-13,16-19H2/t27-,28-/m1/s1. The number of carbonyl (C=O) groups excluding carboxylic acids is 1. The van der Waals surface area contributed by atoms with Crippen molar-refractivity contribution in [3.05, 3.63) is 106 Å². The van der Waals surface area contributed by atoms with Crippen LogP contribution < -0.4 is 0 Å². The molecule has 3 aromatic carbocycles. The zero-order chi connectivity index (χ0) is 25.8. The van der Waals surface area contributed by atoms with E-state index in [0.29, 0.717) is 31.6 Å². The van der Waals surface area contributed by atoms with E-state index in [1.807, 2.05) is 54.7 Å². The number of hydrogen-bond donors (Lipinski definition) is 2. The number of likely N-dealkylation sites (tertiary alicyclic amines) is 1. The van der Waals surface area contributed by atoms with Crippen molar-refractivity contribution < 1.29 is 19.0 Å². The lowest BCUT2D eigenvalue weighted by atomic mass is 10.1. The van der Waals surface area contributed by atoms with Gasteiger partial charge < -0.3 is 19.7 Å². The number of β-amino-alcohol motifs (C(OH)–C–C–N with tert-alkyl or cyclic N) is 1. The molecular formula is C29H29BrFN3O3. The van der Waals surface area contributed by atoms with Gasteiger partial charge in [0.05, 0.1) is 18.7 Å². The Morgan fingerprint density at radius 1 is 1.08 bits per heavy atom. The highest BCUT2D eigenvalue weighted by Gasteiger charge is 2.38. The molecule has 1 aromatic heterocycles. The number of rotatable bonds is 8. The van der Waals surface area contributed by atoms with Crippen LogP contribution in [-0.4, -0.2) is 57.8 Å². The lowest BCUT2D eigenvalue weighted by Crippen LogP contribution is -2.44. The summed E-state index contributed by atoms with van der Waals surface area (Å²) >= 11 is 3.44. The van der Waals surface area contributed by atoms with Crippen LogP contribution in [0.2, 0.25) is 0 Å². The van der Waals surface area contributed by atoms with Gasteiger partial charge in [0.1, 0.15) is 12.4 Å². The van der Waals surface area contributed by atoms with Crippen LogP contribution in [0.5, 0.6) is 0 Å². The van der Waals surface area contributed by atoms with Gasteiger partial charge in [-0.15, -0.1) is 0 Å². The average Bonchev–Trinajstić information content (AvgIpc) is 3.51. The SMILES string of the molecule is O=C(OCc1ccccc1)N1C[C@@H](O)[C@H](N(CCc2c[nH]c3ccccc23)Cc2cc(Br)ccc2F)C1. The van der Waals surface area contributed by atoms with E-state index in [-0.39, 0.29) is 25.0 Å². The van der Waals surface area contributed by atoms with Crippen LogP contribution in [0.1, 0.15) is 16.7 Å². The molecule has 1 aliphatic heterocycles. The second kappa shape index (κ2) is 11.5. The predicted octanol–water partition coefficient (Wildman–Crippen LogP) is 5.50. The fraction of sp³-hybridized carbons (Fsp3) is 0.276. The number of H-pyrrole nitrogens is 1. The molecule has 0 aliphatic carbocycles. The van der Waals surface area contributed by atoms with E-state index in [0.717, 1.165) is 26.5 Å². The fourth-order valence-electron chi connectivity index (χ4n) is 4.94. The van der Waals surface area contributed by atoms with Crippen molar-refractivity contribution in [2.45, 2.75) is 31.7 Å². The Morgan fingerprint density at radius 2 is 1.86 bits per heavy atom. The van der Waals surface area contributed by atoms with E-state index < -0.39 is 12.2 Å². The topological polar surface area (TPSA) is 68.8 Å². The number of nitrogens with one attached hydrogen (secondary N) is 1. The average molecular weight is 566 g/mol. The van der Waals surface area contributed by atoms with Gasteiger partial charge in [-0.1, -0.05) is 64.5 Å². The van der Waals surface area contributed by atoms with Gasteiger partial charge in [0.15, 0.2) is 0 Å². The molecule has 192 valence electrons. The van der Waals surface area contributed by atoms with Gasteiger partial charge in [-0.2, -0.15) is 0 Å². The first-order valence-corrected chi connectivity index (χ1v) is 13.1. The number of halogens is 2. The third-order valence-corrected chi connectivity index (χ3v) is 7.41. The number of benzene rings is 3. The third kappa shape index (κ3) is 6.04. The van der Waals surface area contributed by atoms with Gasteiger partial charge in [0.25, 0.3) is 0 Å². The molecular weight excluding hydrogens is 537 g/mol. The summed E-state index contributed by atoms with van der Waals surface area (Å²) in [4.78, 5) is 19.7. The van der Waals surface area contributed by atoms with E-state index in [2.05, 4.69) is 31.9 Å². The zero-order valence-corrected chi connectivity index (χ0v) is 21.9. The highest BCUT2D eigenvalue weighted by Crippen LogP contribution is 2.25. The number of hydrogen-bond acceptors (Lipinski definition) is 4. The van der Waals surface area contributed by atoms with Crippen molar-refractivity contribution in [3.8, 4) is 0 Å². The quantitative estimate of drug-likeness (QED) is 0.296. The van der Waals surface area contributed by atoms with E-state index >= 15 is 0 Å². The van der Waals surface area contributed by atoms with Crippen molar-refractivity contribution in [2.75, 3.05) is 19.6 Å². The van der Waals surface area contributed by atoms with Crippen molar-refractivity contribution in [1.29, 1.82) is 0 Å². The molecule has 2 N–H and O–H groups in total. The van der Waals surface area contributed by atoms with Crippen LogP contribution in [-0.2, 0) is 24.3 Å². The summed E-state index contributed by atoms with van der Waals surface area (Å²) in [7, 11) is 0. The molecule has 0 bridgehead atoms. The van der Waals surface area contributed by atoms with Crippen LogP contribution >= 0.6 is 15.9 Å². The predicted molar refractivity (Wildman–Crippen MR) is 145 cm³/mol. The number of fused-ring (bicyclic) bond motifs is 1. The van der Waals surface area contributed by atoms with Crippen molar-refractivity contribution >= 4 is 32.9 Å². The zero-order valence-electron chi connectivity index (χ0n) is 20.3. The minimum atomic E-state index is -0.776. The molecule has 5 rings (SSSR count). The summed E-state index contributed by atoms with van der Waals surface area (Å²) in [5.74, 6) is -0.299. The maximum absolute atomic E-state index is 14.7. The molecule has 8 heteroatoms. The monoisotopic (exact) mass is 565 g/mol. The Morgan fingerprint density at radius 3 is 2.70 bits per heavy atom. The molecule has 6 nitrogen and oxygen atoms in total. The number of aliphatic hydroxyl groups is 1. The Balaban J connectivity index is 1.31. The van der Waals surface area contributed by atoms with Crippen molar-refractivity contribution in [2.24, 2.45) is 0 Å². The van der Waals surface area contributed by atoms with Crippen LogP contribution in [0.15, 0.2) is 83.5 Å². The Bertz CT molecular complexity index is 1360. The Hall–Kier alpha value is -3.20. The number of aliphatic hydroxyl groups excluding tert-OH is 1. The van der Waals surface area contributed by atoms with Gasteiger partial charge in [-0.3, -0.25) is 4.90 Å². The van der Waals surface area contributed by atoms with Crippen LogP contribution in [0.25, 0.3) is 10.9 Å². The Labute approximate surface area is 223 Å². The molecule has 37 heavy (non-hydrogen) atoms. The molecule has 0 radical (unpaired) electrons. The number of ether oxygens (including phenoxy) is 1. The van der Waals surface area contributed by atoms with Gasteiger partial charge in [-0.25, -0.2) is 9.18 Å². The third-order valence-electron chi connectivity index (χ3n) is 6.92. The highest BCUT2D eigenvalue weighted by atomic mass is 79.9. The number of nitrogens with zero attached hydrogens (tertiary/aromatic N) is 2. The number of carbonyl (C=O) groups is 1. The highest BCUT2D eigenvalue weighted by molar-refractivity contribution is 9.10. The molecule has 2 atom stereocenters. The lowest BCUT2D eigenvalue weighted by molar-refractivity contribution is 0.0776. The van der Waals surface area contributed by atoms with E-state index in [9.17, 15) is 14.3 Å². The summed E-state index contributed by atoms with van der Waals surface area (Å²) in [6.45, 7) is 1.54. The molecule has 4 aromatic rings. The number of amides is 1. The molecule has 1 aliphatic rings. The molecule has 1 saturated heterocycles. The minimum absolute atomic E-state index is 0.169. The van der Waals surface area contributed by atoms with E-state index in [4.69, 9.17) is 4.74 Å². The molecule has 0 unspecified atom stereocenters. The van der Waals surface area contributed by atoms with Gasteiger partial charge in [0.2, 0.25) is 0 Å². The molecule has 1 fully saturated rings. The largest absolute Gasteiger partial charge is 0.445 e. The van der Waals surface area contributed by atoms with Gasteiger partial charge in [0, 0.05) is 46.8 Å². The summed E-state index contributed by atoms with van der Waals surface area (Å²) < 4.78 is 21.0. The lowest BCUT2D eigenvalue weighted by Gasteiger charge is -2.31. The number of para-hydroxylation sites is 1. The smallest absolute Gasteiger partial charge is 0.410 e. The maximum Gasteiger partial charge on any atom is 0.410 e. The van der Waals surface area contributed by atoms with Crippen LogP contribution in [0, 0.1) is 5.82 Å². The molecule has 1 amide bonds. The Kier molecular flexibility index (Phi) is 7.88. The first-order valence-electron chi connectivity index (χ1n) is 12.3. The van der Waals surface area contributed by atoms with Crippen molar-refractivity contribution in [1.82, 2.24) is 14.8 Å². The molecule has 0 saturated carbocycles. The summed E-state index contributed by atoms with van der Waals surface area (Å²) in [6.07, 6.45) is 1.47. The minimum Gasteiger partial charge on any atom is -0.445 e. The first kappa shape index (κ1) is 25.4. The second-order valence-electron chi connectivity index (χ2n) is 9.40. The van der Waals surface area contributed by atoms with Crippen molar-refractivity contribution in [3.63, 3.8) is 0 Å². The van der Waals surface area contributed by atoms with Crippen LogP contribution in [0.3, 0.4) is 0 Å². The van der Waals surface area contributed by atoms with E-state index in [1.54, 1.807) is 12.1 Å². The van der Waals surface area contributed by atoms with Gasteiger partial charge in [-0.05, 0) is 41.8 Å². The van der Waals surface area contributed by atoms with Gasteiger partial charge >= 0.3 is 6.09 Å². The van der Waals surface area contributed by atoms with E-state index in [1.165, 1.54) is 11.0 Å². The summed E-state index contributed by atoms with van der Waals surface area (Å²) in [5, 5.41) is 12.1. The normalized spacial score (nSPS) is 17.6. The molecule has 2 heterocycles. The summed E-state index contributed by atoms with van der Waals surface area (Å²) in [6, 6.07) is 22.1. The maximum atomic E-state index is 14.7. The second-order valence-corrected chi connectivity index (χ2v) is 10.3. The number of aromatic nitrogens is 1. The summed E-state index contributed by atoms with van der Waals surface area (Å²) in [5.41, 5.74) is 3.65.